The van der Waals surface area contributed by atoms with Gasteiger partial charge in [0.15, 0.2) is 0 Å². The lowest BCUT2D eigenvalue weighted by atomic mass is 10.1. The van der Waals surface area contributed by atoms with Crippen LogP contribution in [0, 0.1) is 12.9 Å². The topological polar surface area (TPSA) is 39.2 Å². The molecule has 0 amide bonds. The number of pyridine rings is 1. The highest BCUT2D eigenvalue weighted by Crippen LogP contribution is 2.25. The van der Waals surface area contributed by atoms with Gasteiger partial charge < -0.3 is 4.74 Å². The van der Waals surface area contributed by atoms with Crippen molar-refractivity contribution >= 4 is 5.97 Å². The van der Waals surface area contributed by atoms with E-state index in [9.17, 15) is 18.0 Å². The lowest BCUT2D eigenvalue weighted by molar-refractivity contribution is 0.0587. The van der Waals surface area contributed by atoms with Gasteiger partial charge >= 0.3 is 5.97 Å². The van der Waals surface area contributed by atoms with Crippen LogP contribution in [0.3, 0.4) is 0 Å². The smallest absolute Gasteiger partial charge is 0.338 e. The molecule has 6 heteroatoms. The Hall–Kier alpha value is -1.59. The highest BCUT2D eigenvalue weighted by atomic mass is 19.3. The summed E-state index contributed by atoms with van der Waals surface area (Å²) in [6, 6.07) is 0. The summed E-state index contributed by atoms with van der Waals surface area (Å²) in [5.74, 6) is -1.95. The van der Waals surface area contributed by atoms with Crippen molar-refractivity contribution in [3.63, 3.8) is 0 Å². The first-order valence-corrected chi connectivity index (χ1v) is 4.00. The van der Waals surface area contributed by atoms with Gasteiger partial charge in [0, 0.05) is 11.8 Å². The fourth-order valence-corrected chi connectivity index (χ4v) is 1.15. The van der Waals surface area contributed by atoms with Crippen LogP contribution in [0.1, 0.15) is 27.9 Å². The average molecular weight is 219 g/mol. The highest BCUT2D eigenvalue weighted by molar-refractivity contribution is 5.92. The molecule has 0 saturated carbocycles. The predicted molar refractivity (Wildman–Crippen MR) is 45.2 cm³/mol. The number of esters is 1. The summed E-state index contributed by atoms with van der Waals surface area (Å²) in [6.45, 7) is 1.19. The summed E-state index contributed by atoms with van der Waals surface area (Å²) in [4.78, 5) is 14.3. The molecule has 0 aromatic carbocycles. The van der Waals surface area contributed by atoms with Gasteiger partial charge in [-0.05, 0) is 6.92 Å². The van der Waals surface area contributed by atoms with E-state index in [1.54, 1.807) is 0 Å². The van der Waals surface area contributed by atoms with Crippen molar-refractivity contribution < 1.29 is 22.7 Å². The van der Waals surface area contributed by atoms with Crippen LogP contribution < -0.4 is 0 Å². The van der Waals surface area contributed by atoms with Gasteiger partial charge in [-0.1, -0.05) is 0 Å². The van der Waals surface area contributed by atoms with Gasteiger partial charge in [0.05, 0.1) is 18.2 Å². The monoisotopic (exact) mass is 219 g/mol. The number of rotatable bonds is 2. The first-order chi connectivity index (χ1) is 6.99. The number of hydrogen-bond donors (Lipinski definition) is 0. The number of hydrogen-bond acceptors (Lipinski definition) is 3. The molecule has 0 aliphatic heterocycles. The quantitative estimate of drug-likeness (QED) is 0.565. The first kappa shape index (κ1) is 11.5. The Balaban J connectivity index is 3.41. The van der Waals surface area contributed by atoms with Crippen LogP contribution in [0.2, 0.25) is 0 Å². The normalized spacial score (nSPS) is 10.5. The van der Waals surface area contributed by atoms with Gasteiger partial charge in [-0.15, -0.1) is 0 Å². The maximum Gasteiger partial charge on any atom is 0.338 e. The van der Waals surface area contributed by atoms with E-state index in [2.05, 4.69) is 9.72 Å². The number of aromatic nitrogens is 1. The Bertz CT molecular complexity index is 393. The Labute approximate surface area is 83.9 Å². The number of alkyl halides is 2. The predicted octanol–water partition coefficient (Wildman–Crippen LogP) is 2.25. The van der Waals surface area contributed by atoms with Crippen LogP contribution in [-0.4, -0.2) is 18.1 Å². The molecule has 1 heterocycles. The standard InChI is InChI=1S/C9H8F3NO2/c1-4-6(9(14)15-2)5(7(10)11)3-13-8(4)12/h3,7H,1-2H3. The summed E-state index contributed by atoms with van der Waals surface area (Å²) in [5, 5.41) is 0. The molecule has 0 unspecified atom stereocenters. The van der Waals surface area contributed by atoms with Crippen molar-refractivity contribution in [3.8, 4) is 0 Å². The molecular formula is C9H8F3NO2. The number of methoxy groups -OCH3 is 1. The third-order valence-electron chi connectivity index (χ3n) is 1.91. The second kappa shape index (κ2) is 4.29. The molecule has 3 nitrogen and oxygen atoms in total. The van der Waals surface area contributed by atoms with Crippen molar-refractivity contribution in [2.75, 3.05) is 7.11 Å². The maximum atomic E-state index is 13.0. The SMILES string of the molecule is COC(=O)c1c(C(F)F)cnc(F)c1C. The minimum absolute atomic E-state index is 0.236. The van der Waals surface area contributed by atoms with Crippen LogP contribution >= 0.6 is 0 Å². The van der Waals surface area contributed by atoms with E-state index in [1.165, 1.54) is 6.92 Å². The Morgan fingerprint density at radius 2 is 2.13 bits per heavy atom. The van der Waals surface area contributed by atoms with Crippen LogP contribution in [0.5, 0.6) is 0 Å². The third-order valence-corrected chi connectivity index (χ3v) is 1.91. The van der Waals surface area contributed by atoms with Crippen molar-refractivity contribution in [3.05, 3.63) is 28.8 Å². The van der Waals surface area contributed by atoms with Crippen LogP contribution in [0.15, 0.2) is 6.20 Å². The summed E-state index contributed by atoms with van der Waals surface area (Å²) < 4.78 is 42.2. The van der Waals surface area contributed by atoms with Gasteiger partial charge in [0.25, 0.3) is 6.43 Å². The van der Waals surface area contributed by atoms with Crippen molar-refractivity contribution in [1.82, 2.24) is 4.98 Å². The molecule has 0 bridgehead atoms. The first-order valence-electron chi connectivity index (χ1n) is 4.00. The molecule has 82 valence electrons. The molecule has 0 aliphatic carbocycles. The summed E-state index contributed by atoms with van der Waals surface area (Å²) in [5.41, 5.74) is -1.32. The Morgan fingerprint density at radius 1 is 1.53 bits per heavy atom. The maximum absolute atomic E-state index is 13.0. The molecule has 0 radical (unpaired) electrons. The zero-order valence-electron chi connectivity index (χ0n) is 8.05. The second-order valence-corrected chi connectivity index (χ2v) is 2.80. The molecule has 0 aliphatic rings. The van der Waals surface area contributed by atoms with Crippen molar-refractivity contribution in [2.45, 2.75) is 13.3 Å². The van der Waals surface area contributed by atoms with Crippen molar-refractivity contribution in [2.24, 2.45) is 0 Å². The second-order valence-electron chi connectivity index (χ2n) is 2.80. The molecular weight excluding hydrogens is 211 g/mol. The molecule has 0 N–H and O–H groups in total. The Morgan fingerprint density at radius 3 is 2.60 bits per heavy atom. The molecule has 0 fully saturated rings. The zero-order chi connectivity index (χ0) is 11.6. The van der Waals surface area contributed by atoms with Gasteiger partial charge in [-0.3, -0.25) is 0 Å². The van der Waals surface area contributed by atoms with Crippen molar-refractivity contribution in [1.29, 1.82) is 0 Å². The fraction of sp³-hybridized carbons (Fsp3) is 0.333. The van der Waals surface area contributed by atoms with Crippen LogP contribution in [0.4, 0.5) is 13.2 Å². The summed E-state index contributed by atoms with van der Waals surface area (Å²) >= 11 is 0. The lowest BCUT2D eigenvalue weighted by Gasteiger charge is -2.09. The number of halogens is 3. The third kappa shape index (κ3) is 2.08. The van der Waals surface area contributed by atoms with E-state index >= 15 is 0 Å². The highest BCUT2D eigenvalue weighted by Gasteiger charge is 2.23. The molecule has 0 spiro atoms. The number of nitrogens with zero attached hydrogens (tertiary/aromatic N) is 1. The van der Waals surface area contributed by atoms with Gasteiger partial charge in [0.2, 0.25) is 5.95 Å². The number of carbonyl (C=O) groups is 1. The van der Waals surface area contributed by atoms with Crippen LogP contribution in [-0.2, 0) is 4.74 Å². The molecule has 1 aromatic rings. The zero-order valence-corrected chi connectivity index (χ0v) is 8.05. The molecule has 0 atom stereocenters. The van der Waals surface area contributed by atoms with E-state index < -0.39 is 29.5 Å². The van der Waals surface area contributed by atoms with Gasteiger partial charge in [-0.25, -0.2) is 18.6 Å². The van der Waals surface area contributed by atoms with E-state index in [0.717, 1.165) is 7.11 Å². The minimum Gasteiger partial charge on any atom is -0.465 e. The van der Waals surface area contributed by atoms with E-state index in [0.29, 0.717) is 6.20 Å². The molecule has 15 heavy (non-hydrogen) atoms. The number of carbonyl (C=O) groups excluding carboxylic acids is 1. The minimum atomic E-state index is -2.90. The molecule has 0 saturated heterocycles. The van der Waals surface area contributed by atoms with Crippen LogP contribution in [0.25, 0.3) is 0 Å². The van der Waals surface area contributed by atoms with E-state index in [-0.39, 0.29) is 5.56 Å². The van der Waals surface area contributed by atoms with E-state index in [1.807, 2.05) is 0 Å². The molecule has 1 rings (SSSR count). The average Bonchev–Trinajstić information content (AvgIpc) is 2.20. The largest absolute Gasteiger partial charge is 0.465 e. The van der Waals surface area contributed by atoms with E-state index in [4.69, 9.17) is 0 Å². The molecule has 1 aromatic heterocycles. The lowest BCUT2D eigenvalue weighted by Crippen LogP contribution is -2.11. The summed E-state index contributed by atoms with van der Waals surface area (Å²) in [6.07, 6.45) is -2.26. The summed E-state index contributed by atoms with van der Waals surface area (Å²) in [7, 11) is 1.04. The van der Waals surface area contributed by atoms with Gasteiger partial charge in [-0.2, -0.15) is 4.39 Å². The fourth-order valence-electron chi connectivity index (χ4n) is 1.15. The van der Waals surface area contributed by atoms with Gasteiger partial charge in [0.1, 0.15) is 0 Å². The Kier molecular flexibility index (Phi) is 3.28. The number of ether oxygens (including phenoxy) is 1.